The van der Waals surface area contributed by atoms with Crippen molar-refractivity contribution >= 4 is 11.9 Å². The molecule has 0 radical (unpaired) electrons. The molecule has 1 aromatic heterocycles. The minimum atomic E-state index is -5.08. The molecule has 3 aliphatic rings. The van der Waals surface area contributed by atoms with Gasteiger partial charge in [-0.05, 0) is 30.9 Å². The van der Waals surface area contributed by atoms with Crippen LogP contribution in [0.5, 0.6) is 0 Å². The quantitative estimate of drug-likeness (QED) is 0.796. The number of aromatic nitrogens is 1. The summed E-state index contributed by atoms with van der Waals surface area (Å²) >= 11 is 0. The molecular formula is C18H24F3N3O4. The number of aliphatic carboxylic acids is 1. The zero-order valence-electron chi connectivity index (χ0n) is 15.5. The first-order chi connectivity index (χ1) is 13.2. The van der Waals surface area contributed by atoms with Gasteiger partial charge < -0.3 is 19.7 Å². The van der Waals surface area contributed by atoms with Gasteiger partial charge in [-0.3, -0.25) is 9.69 Å². The third-order valence-corrected chi connectivity index (χ3v) is 5.44. The summed E-state index contributed by atoms with van der Waals surface area (Å²) in [5.41, 5.74) is 0.728. The fourth-order valence-corrected chi connectivity index (χ4v) is 3.78. The first-order valence-electron chi connectivity index (χ1n) is 9.21. The summed E-state index contributed by atoms with van der Waals surface area (Å²) in [6, 6.07) is 4.50. The average molecular weight is 403 g/mol. The Labute approximate surface area is 160 Å². The Balaban J connectivity index is 0.000000279. The molecule has 0 unspecified atom stereocenters. The molecule has 0 bridgehead atoms. The van der Waals surface area contributed by atoms with E-state index in [4.69, 9.17) is 14.6 Å². The van der Waals surface area contributed by atoms with E-state index >= 15 is 0 Å². The fourth-order valence-electron chi connectivity index (χ4n) is 3.78. The summed E-state index contributed by atoms with van der Waals surface area (Å²) in [7, 11) is 1.91. The summed E-state index contributed by atoms with van der Waals surface area (Å²) in [4.78, 5) is 23.9. The van der Waals surface area contributed by atoms with Gasteiger partial charge in [0.25, 0.3) is 5.91 Å². The largest absolute Gasteiger partial charge is 0.490 e. The molecule has 7 nitrogen and oxygen atoms in total. The van der Waals surface area contributed by atoms with Crippen LogP contribution in [0.2, 0.25) is 0 Å². The van der Waals surface area contributed by atoms with Crippen LogP contribution in [-0.2, 0) is 16.6 Å². The number of nitrogens with zero attached hydrogens (tertiary/aromatic N) is 2. The fraction of sp³-hybridized carbons (Fsp3) is 0.667. The average Bonchev–Trinajstić information content (AvgIpc) is 3.01. The number of hydrogen-bond acceptors (Lipinski definition) is 4. The van der Waals surface area contributed by atoms with Crippen molar-refractivity contribution in [1.82, 2.24) is 14.8 Å². The second-order valence-electron chi connectivity index (χ2n) is 7.55. The highest BCUT2D eigenvalue weighted by molar-refractivity contribution is 5.93. The van der Waals surface area contributed by atoms with Crippen molar-refractivity contribution < 1.29 is 32.6 Å². The smallest absolute Gasteiger partial charge is 0.475 e. The van der Waals surface area contributed by atoms with Gasteiger partial charge in [0.2, 0.25) is 0 Å². The molecule has 1 saturated carbocycles. The molecule has 10 heteroatoms. The molecule has 1 aliphatic carbocycles. The van der Waals surface area contributed by atoms with E-state index < -0.39 is 12.1 Å². The van der Waals surface area contributed by atoms with Gasteiger partial charge >= 0.3 is 12.1 Å². The topological polar surface area (TPSA) is 83.8 Å². The van der Waals surface area contributed by atoms with E-state index in [9.17, 15) is 18.0 Å². The number of halogens is 3. The molecule has 0 aromatic carbocycles. The van der Waals surface area contributed by atoms with E-state index in [0.29, 0.717) is 12.0 Å². The van der Waals surface area contributed by atoms with Crippen LogP contribution in [0.1, 0.15) is 23.3 Å². The summed E-state index contributed by atoms with van der Waals surface area (Å²) in [5.74, 6) is -1.39. The highest BCUT2D eigenvalue weighted by Gasteiger charge is 2.47. The van der Waals surface area contributed by atoms with Gasteiger partial charge in [0.05, 0.1) is 13.2 Å². The van der Waals surface area contributed by atoms with Crippen molar-refractivity contribution in [2.24, 2.45) is 18.9 Å². The lowest BCUT2D eigenvalue weighted by Gasteiger charge is -2.21. The van der Waals surface area contributed by atoms with Crippen LogP contribution in [0.3, 0.4) is 0 Å². The molecule has 3 heterocycles. The summed E-state index contributed by atoms with van der Waals surface area (Å²) in [5, 5.41) is 10.4. The number of hydrogen-bond donors (Lipinski definition) is 2. The Morgan fingerprint density at radius 2 is 2.00 bits per heavy atom. The number of carboxylic acid groups (broad SMARTS) is 1. The zero-order chi connectivity index (χ0) is 20.5. The number of ether oxygens (including phenoxy) is 1. The molecule has 2 saturated heterocycles. The van der Waals surface area contributed by atoms with Gasteiger partial charge in [0.15, 0.2) is 0 Å². The van der Waals surface area contributed by atoms with Crippen molar-refractivity contribution in [3.05, 3.63) is 24.0 Å². The minimum Gasteiger partial charge on any atom is -0.475 e. The van der Waals surface area contributed by atoms with Gasteiger partial charge in [0.1, 0.15) is 5.69 Å². The van der Waals surface area contributed by atoms with Gasteiger partial charge in [-0.25, -0.2) is 4.79 Å². The lowest BCUT2D eigenvalue weighted by molar-refractivity contribution is -0.192. The number of amides is 1. The Hall–Kier alpha value is -2.07. The Kier molecular flexibility index (Phi) is 5.99. The van der Waals surface area contributed by atoms with E-state index in [2.05, 4.69) is 10.2 Å². The van der Waals surface area contributed by atoms with Crippen molar-refractivity contribution in [2.75, 3.05) is 26.3 Å². The maximum Gasteiger partial charge on any atom is 0.490 e. The van der Waals surface area contributed by atoms with Crippen LogP contribution in [0, 0.1) is 11.8 Å². The Morgan fingerprint density at radius 3 is 2.54 bits per heavy atom. The second-order valence-corrected chi connectivity index (χ2v) is 7.55. The monoisotopic (exact) mass is 403 g/mol. The summed E-state index contributed by atoms with van der Waals surface area (Å²) in [6.07, 6.45) is -0.436. The third kappa shape index (κ3) is 4.85. The van der Waals surface area contributed by atoms with E-state index in [1.165, 1.54) is 19.4 Å². The highest BCUT2D eigenvalue weighted by atomic mass is 19.4. The first-order valence-corrected chi connectivity index (χ1v) is 9.21. The number of aryl methyl sites for hydroxylation is 1. The predicted octanol–water partition coefficient (Wildman–Crippen LogP) is 1.50. The maximum atomic E-state index is 12.4. The summed E-state index contributed by atoms with van der Waals surface area (Å²) < 4.78 is 39.3. The lowest BCUT2D eigenvalue weighted by atomic mass is 10.00. The van der Waals surface area contributed by atoms with Gasteiger partial charge in [-0.1, -0.05) is 0 Å². The van der Waals surface area contributed by atoms with Crippen molar-refractivity contribution in [2.45, 2.75) is 31.1 Å². The van der Waals surface area contributed by atoms with E-state index in [1.807, 2.05) is 29.9 Å². The molecule has 1 aromatic rings. The van der Waals surface area contributed by atoms with Crippen LogP contribution < -0.4 is 5.32 Å². The molecular weight excluding hydrogens is 379 g/mol. The molecule has 3 fully saturated rings. The van der Waals surface area contributed by atoms with Crippen molar-refractivity contribution in [1.29, 1.82) is 0 Å². The molecule has 0 spiro atoms. The van der Waals surface area contributed by atoms with Gasteiger partial charge in [-0.15, -0.1) is 0 Å². The zero-order valence-corrected chi connectivity index (χ0v) is 15.5. The van der Waals surface area contributed by atoms with Crippen LogP contribution in [0.25, 0.3) is 0 Å². The number of carbonyl (C=O) groups excluding carboxylic acids is 1. The van der Waals surface area contributed by atoms with Crippen LogP contribution in [0.4, 0.5) is 13.2 Å². The summed E-state index contributed by atoms with van der Waals surface area (Å²) in [6.45, 7) is 3.77. The standard InChI is InChI=1S/C16H23N3O2.C2HF3O2/c1-18-6-2-3-14(18)16(20)17-13-8-19(7-11-4-5-11)15-10-21-9-12(13)15;3-2(4,5)1(6)7/h2-3,6,11-13,15H,4-5,7-10H2,1H3,(H,17,20);(H,6,7)/t12-,13-,15-;/m1./s1. The lowest BCUT2D eigenvalue weighted by Crippen LogP contribution is -2.42. The van der Waals surface area contributed by atoms with E-state index in [-0.39, 0.29) is 11.9 Å². The van der Waals surface area contributed by atoms with E-state index in [1.54, 1.807) is 0 Å². The number of rotatable bonds is 4. The molecule has 3 atom stereocenters. The number of carbonyl (C=O) groups is 2. The molecule has 2 aliphatic heterocycles. The number of nitrogens with one attached hydrogen (secondary N) is 1. The maximum absolute atomic E-state index is 12.4. The van der Waals surface area contributed by atoms with Crippen LogP contribution in [-0.4, -0.2) is 71.0 Å². The minimum absolute atomic E-state index is 0.0337. The second kappa shape index (κ2) is 8.12. The van der Waals surface area contributed by atoms with Crippen molar-refractivity contribution in [3.8, 4) is 0 Å². The third-order valence-electron chi connectivity index (χ3n) is 5.44. The first kappa shape index (κ1) is 20.7. The highest BCUT2D eigenvalue weighted by Crippen LogP contribution is 2.36. The van der Waals surface area contributed by atoms with Crippen LogP contribution in [0.15, 0.2) is 18.3 Å². The van der Waals surface area contributed by atoms with Gasteiger partial charge in [-0.2, -0.15) is 13.2 Å². The van der Waals surface area contributed by atoms with E-state index in [0.717, 1.165) is 31.4 Å². The number of alkyl halides is 3. The predicted molar refractivity (Wildman–Crippen MR) is 92.8 cm³/mol. The molecule has 1 amide bonds. The Morgan fingerprint density at radius 1 is 1.32 bits per heavy atom. The molecule has 2 N–H and O–H groups in total. The Bertz CT molecular complexity index is 717. The normalized spacial score (nSPS) is 27.1. The van der Waals surface area contributed by atoms with Gasteiger partial charge in [0, 0.05) is 44.3 Å². The number of fused-ring (bicyclic) bond motifs is 1. The SMILES string of the molecule is Cn1cccc1C(=O)N[C@@H]1CN(CC2CC2)[C@@H]2COC[C@@H]21.O=C(O)C(F)(F)F. The van der Waals surface area contributed by atoms with Crippen molar-refractivity contribution in [3.63, 3.8) is 0 Å². The van der Waals surface area contributed by atoms with Crippen LogP contribution >= 0.6 is 0 Å². The number of likely N-dealkylation sites (tertiary alicyclic amines) is 1. The molecule has 156 valence electrons. The number of carboxylic acids is 1. The molecule has 28 heavy (non-hydrogen) atoms. The molecule has 4 rings (SSSR count).